The first-order valence-electron chi connectivity index (χ1n) is 10.4. The summed E-state index contributed by atoms with van der Waals surface area (Å²) in [6.07, 6.45) is 3.49. The molecule has 1 heterocycles. The van der Waals surface area contributed by atoms with Gasteiger partial charge >= 0.3 is 0 Å². The summed E-state index contributed by atoms with van der Waals surface area (Å²) in [5.41, 5.74) is 1.40. The quantitative estimate of drug-likeness (QED) is 0.544. The molecule has 1 aliphatic carbocycles. The first-order valence-corrected chi connectivity index (χ1v) is 12.7. The molecule has 172 valence electrons. The van der Waals surface area contributed by atoms with Gasteiger partial charge in [-0.1, -0.05) is 0 Å². The van der Waals surface area contributed by atoms with Crippen molar-refractivity contribution in [3.8, 4) is 5.75 Å². The van der Waals surface area contributed by atoms with E-state index < -0.39 is 20.3 Å². The lowest BCUT2D eigenvalue weighted by atomic mass is 10.1. The second kappa shape index (κ2) is 9.00. The monoisotopic (exact) mass is 497 g/mol. The van der Waals surface area contributed by atoms with E-state index in [0.29, 0.717) is 29.2 Å². The summed E-state index contributed by atoms with van der Waals surface area (Å²) in [5, 5.41) is 2.75. The molecule has 1 unspecified atom stereocenters. The SMILES string of the molecule is COc1ccc(NS(=O)(=O)c2cc(NC(=O)C3CC3(Cl)Cl)ccc2N2CCCCC2)cc1. The summed E-state index contributed by atoms with van der Waals surface area (Å²) in [4.78, 5) is 14.6. The van der Waals surface area contributed by atoms with E-state index in [-0.39, 0.29) is 10.8 Å². The van der Waals surface area contributed by atoms with E-state index in [1.54, 1.807) is 43.5 Å². The third kappa shape index (κ3) is 5.08. The van der Waals surface area contributed by atoms with Crippen LogP contribution in [0.25, 0.3) is 0 Å². The molecule has 1 saturated heterocycles. The molecule has 0 spiro atoms. The lowest BCUT2D eigenvalue weighted by Gasteiger charge is -2.30. The van der Waals surface area contributed by atoms with Gasteiger partial charge in [0, 0.05) is 24.5 Å². The van der Waals surface area contributed by atoms with E-state index in [2.05, 4.69) is 14.9 Å². The van der Waals surface area contributed by atoms with Gasteiger partial charge in [-0.05, 0) is 68.1 Å². The Kier molecular flexibility index (Phi) is 6.47. The van der Waals surface area contributed by atoms with E-state index in [9.17, 15) is 13.2 Å². The van der Waals surface area contributed by atoms with Crippen LogP contribution >= 0.6 is 23.2 Å². The van der Waals surface area contributed by atoms with Crippen LogP contribution < -0.4 is 19.7 Å². The number of nitrogens with one attached hydrogen (secondary N) is 2. The zero-order valence-corrected chi connectivity index (χ0v) is 19.9. The number of hydrogen-bond donors (Lipinski definition) is 2. The van der Waals surface area contributed by atoms with Crippen molar-refractivity contribution in [3.05, 3.63) is 42.5 Å². The Morgan fingerprint density at radius 3 is 2.28 bits per heavy atom. The van der Waals surface area contributed by atoms with E-state index in [0.717, 1.165) is 32.4 Å². The molecule has 2 fully saturated rings. The Morgan fingerprint density at radius 1 is 1.06 bits per heavy atom. The molecule has 2 N–H and O–H groups in total. The van der Waals surface area contributed by atoms with Crippen LogP contribution in [0.15, 0.2) is 47.4 Å². The summed E-state index contributed by atoms with van der Waals surface area (Å²) in [7, 11) is -2.39. The van der Waals surface area contributed by atoms with Gasteiger partial charge in [0.15, 0.2) is 0 Å². The van der Waals surface area contributed by atoms with Crippen LogP contribution in [0.3, 0.4) is 0 Å². The maximum Gasteiger partial charge on any atom is 0.264 e. The Balaban J connectivity index is 1.64. The van der Waals surface area contributed by atoms with Crippen LogP contribution in [-0.2, 0) is 14.8 Å². The van der Waals surface area contributed by atoms with E-state index >= 15 is 0 Å². The first-order chi connectivity index (χ1) is 15.2. The molecule has 2 aliphatic rings. The number of alkyl halides is 2. The van der Waals surface area contributed by atoms with Crippen molar-refractivity contribution in [2.75, 3.05) is 35.1 Å². The molecular formula is C22H25Cl2N3O4S. The average Bonchev–Trinajstić information content (AvgIpc) is 3.43. The Hall–Kier alpha value is -2.16. The molecule has 4 rings (SSSR count). The normalized spacial score (nSPS) is 19.8. The van der Waals surface area contributed by atoms with Crippen LogP contribution in [0.2, 0.25) is 0 Å². The maximum atomic E-state index is 13.4. The maximum absolute atomic E-state index is 13.4. The Bertz CT molecular complexity index is 1100. The molecule has 0 aromatic heterocycles. The highest BCUT2D eigenvalue weighted by molar-refractivity contribution is 7.92. The number of hydrogen-bond acceptors (Lipinski definition) is 5. The number of amides is 1. The molecule has 32 heavy (non-hydrogen) atoms. The van der Waals surface area contributed by atoms with Crippen molar-refractivity contribution in [2.45, 2.75) is 34.9 Å². The molecule has 1 atom stereocenters. The number of rotatable bonds is 7. The summed E-state index contributed by atoms with van der Waals surface area (Å²) in [5.74, 6) is -0.210. The topological polar surface area (TPSA) is 87.7 Å². The second-order valence-corrected chi connectivity index (χ2v) is 11.3. The fourth-order valence-electron chi connectivity index (χ4n) is 3.80. The molecular weight excluding hydrogens is 473 g/mol. The fraction of sp³-hybridized carbons (Fsp3) is 0.409. The highest BCUT2D eigenvalue weighted by atomic mass is 35.5. The molecule has 0 radical (unpaired) electrons. The summed E-state index contributed by atoms with van der Waals surface area (Å²) < 4.78 is 33.5. The summed E-state index contributed by atoms with van der Waals surface area (Å²) in [6.45, 7) is 1.56. The van der Waals surface area contributed by atoms with Gasteiger partial charge in [0.2, 0.25) is 5.91 Å². The number of sulfonamides is 1. The van der Waals surface area contributed by atoms with Crippen LogP contribution in [0, 0.1) is 5.92 Å². The van der Waals surface area contributed by atoms with Crippen molar-refractivity contribution in [3.63, 3.8) is 0 Å². The predicted octanol–water partition coefficient (Wildman–Crippen LogP) is 4.62. The number of ether oxygens (including phenoxy) is 1. The number of carbonyl (C=O) groups excluding carboxylic acids is 1. The van der Waals surface area contributed by atoms with E-state index in [4.69, 9.17) is 27.9 Å². The van der Waals surface area contributed by atoms with Crippen molar-refractivity contribution in [2.24, 2.45) is 5.92 Å². The molecule has 0 bridgehead atoms. The standard InChI is InChI=1S/C22H25Cl2N3O4S/c1-31-17-8-5-15(6-9-17)26-32(29,30)20-13-16(25-21(28)18-14-22(18,23)24)7-10-19(20)27-11-3-2-4-12-27/h5-10,13,18,26H,2-4,11-12,14H2,1H3,(H,25,28). The summed E-state index contributed by atoms with van der Waals surface area (Å²) >= 11 is 12.0. The van der Waals surface area contributed by atoms with Gasteiger partial charge in [-0.25, -0.2) is 8.42 Å². The number of benzene rings is 2. The second-order valence-electron chi connectivity index (χ2n) is 8.07. The third-order valence-electron chi connectivity index (χ3n) is 5.70. The van der Waals surface area contributed by atoms with E-state index in [1.807, 2.05) is 0 Å². The number of carbonyl (C=O) groups is 1. The highest BCUT2D eigenvalue weighted by Crippen LogP contribution is 2.53. The minimum atomic E-state index is -3.93. The minimum absolute atomic E-state index is 0.104. The fourth-order valence-corrected chi connectivity index (χ4v) is 5.62. The van der Waals surface area contributed by atoms with Crippen LogP contribution in [0.5, 0.6) is 5.75 Å². The van der Waals surface area contributed by atoms with Gasteiger partial charge < -0.3 is 15.0 Å². The van der Waals surface area contributed by atoms with Crippen molar-refractivity contribution in [1.82, 2.24) is 0 Å². The third-order valence-corrected chi connectivity index (χ3v) is 7.94. The van der Waals surface area contributed by atoms with Crippen LogP contribution in [-0.4, -0.2) is 38.9 Å². The molecule has 10 heteroatoms. The number of anilines is 3. The number of nitrogens with zero attached hydrogens (tertiary/aromatic N) is 1. The zero-order chi connectivity index (χ0) is 22.9. The Morgan fingerprint density at radius 2 is 1.69 bits per heavy atom. The minimum Gasteiger partial charge on any atom is -0.497 e. The molecule has 7 nitrogen and oxygen atoms in total. The Labute approximate surface area is 198 Å². The molecule has 2 aromatic rings. The van der Waals surface area contributed by atoms with Gasteiger partial charge in [-0.2, -0.15) is 0 Å². The number of halogens is 2. The van der Waals surface area contributed by atoms with E-state index in [1.165, 1.54) is 6.07 Å². The van der Waals surface area contributed by atoms with Crippen molar-refractivity contribution >= 4 is 56.2 Å². The van der Waals surface area contributed by atoms with Gasteiger partial charge in [-0.15, -0.1) is 23.2 Å². The van der Waals surface area contributed by atoms with Crippen LogP contribution in [0.1, 0.15) is 25.7 Å². The molecule has 1 aliphatic heterocycles. The first kappa shape index (κ1) is 23.0. The van der Waals surface area contributed by atoms with Crippen molar-refractivity contribution < 1.29 is 17.9 Å². The highest BCUT2D eigenvalue weighted by Gasteiger charge is 2.56. The lowest BCUT2D eigenvalue weighted by molar-refractivity contribution is -0.117. The molecule has 2 aromatic carbocycles. The predicted molar refractivity (Wildman–Crippen MR) is 127 cm³/mol. The smallest absolute Gasteiger partial charge is 0.264 e. The van der Waals surface area contributed by atoms with Crippen molar-refractivity contribution in [1.29, 1.82) is 0 Å². The average molecular weight is 498 g/mol. The molecule has 1 saturated carbocycles. The zero-order valence-electron chi connectivity index (χ0n) is 17.6. The number of methoxy groups -OCH3 is 1. The summed E-state index contributed by atoms with van der Waals surface area (Å²) in [6, 6.07) is 11.6. The van der Waals surface area contributed by atoms with Crippen LogP contribution in [0.4, 0.5) is 17.1 Å². The lowest BCUT2D eigenvalue weighted by Crippen LogP contribution is -2.31. The molecule has 1 amide bonds. The number of piperidine rings is 1. The van der Waals surface area contributed by atoms with Gasteiger partial charge in [0.25, 0.3) is 10.0 Å². The van der Waals surface area contributed by atoms with Gasteiger partial charge in [0.05, 0.1) is 18.7 Å². The van der Waals surface area contributed by atoms with Gasteiger partial charge in [-0.3, -0.25) is 9.52 Å². The largest absolute Gasteiger partial charge is 0.497 e. The van der Waals surface area contributed by atoms with Gasteiger partial charge in [0.1, 0.15) is 15.0 Å².